The lowest BCUT2D eigenvalue weighted by molar-refractivity contribution is -0.131. The van der Waals surface area contributed by atoms with Crippen LogP contribution in [0, 0.1) is 28.6 Å². The van der Waals surface area contributed by atoms with Crippen molar-refractivity contribution in [2.24, 2.45) is 11.7 Å². The normalized spacial score (nSPS) is 11.2. The second-order valence-corrected chi connectivity index (χ2v) is 3.74. The Labute approximate surface area is 96.4 Å². The first-order chi connectivity index (χ1) is 7.65. The lowest BCUT2D eigenvalue weighted by Crippen LogP contribution is -2.34. The molecule has 88 valence electrons. The van der Waals surface area contributed by atoms with Crippen molar-refractivity contribution in [3.63, 3.8) is 0 Å². The van der Waals surface area contributed by atoms with Crippen LogP contribution in [0.4, 0.5) is 0 Å². The van der Waals surface area contributed by atoms with Gasteiger partial charge in [0.1, 0.15) is 0 Å². The van der Waals surface area contributed by atoms with Crippen molar-refractivity contribution >= 4 is 5.91 Å². The minimum absolute atomic E-state index is 0.0246. The largest absolute Gasteiger partial charge is 0.341 e. The predicted molar refractivity (Wildman–Crippen MR) is 59.9 cm³/mol. The van der Waals surface area contributed by atoms with E-state index in [0.717, 1.165) is 0 Å². The smallest absolute Gasteiger partial charge is 0.222 e. The van der Waals surface area contributed by atoms with E-state index in [2.05, 4.69) is 0 Å². The quantitative estimate of drug-likeness (QED) is 0.683. The molecular formula is C11H18N4O. The summed E-state index contributed by atoms with van der Waals surface area (Å²) < 4.78 is 0. The first-order valence-electron chi connectivity index (χ1n) is 5.37. The van der Waals surface area contributed by atoms with Crippen molar-refractivity contribution < 1.29 is 4.79 Å². The molecule has 5 heteroatoms. The molecule has 16 heavy (non-hydrogen) atoms. The number of nitrogens with two attached hydrogens (primary N) is 1. The fraction of sp³-hybridized carbons (Fsp3) is 0.727. The highest BCUT2D eigenvalue weighted by Crippen LogP contribution is 2.05. The molecule has 0 aromatic heterocycles. The number of nitrogens with zero attached hydrogens (tertiary/aromatic N) is 3. The summed E-state index contributed by atoms with van der Waals surface area (Å²) in [6.07, 6.45) is 0.982. The molecule has 1 amide bonds. The molecule has 0 aromatic carbocycles. The zero-order valence-electron chi connectivity index (χ0n) is 9.65. The van der Waals surface area contributed by atoms with E-state index in [1.807, 2.05) is 19.1 Å². The SMILES string of the molecule is CC(CN)CC(=O)N(CCC#N)CCC#N. The van der Waals surface area contributed by atoms with Crippen LogP contribution in [-0.4, -0.2) is 30.4 Å². The predicted octanol–water partition coefficient (Wildman–Crippen LogP) is 0.627. The van der Waals surface area contributed by atoms with E-state index in [1.54, 1.807) is 4.90 Å². The fourth-order valence-corrected chi connectivity index (χ4v) is 1.24. The Morgan fingerprint density at radius 1 is 1.31 bits per heavy atom. The van der Waals surface area contributed by atoms with Crippen molar-refractivity contribution in [1.29, 1.82) is 10.5 Å². The average molecular weight is 222 g/mol. The molecule has 0 saturated heterocycles. The number of hydrogen-bond acceptors (Lipinski definition) is 4. The van der Waals surface area contributed by atoms with E-state index in [4.69, 9.17) is 16.3 Å². The highest BCUT2D eigenvalue weighted by Gasteiger charge is 2.15. The number of carbonyl (C=O) groups is 1. The van der Waals surface area contributed by atoms with Crippen LogP contribution in [0.1, 0.15) is 26.2 Å². The molecule has 0 rings (SSSR count). The molecule has 0 fully saturated rings. The summed E-state index contributed by atoms with van der Waals surface area (Å²) >= 11 is 0. The van der Waals surface area contributed by atoms with E-state index in [0.29, 0.717) is 38.9 Å². The van der Waals surface area contributed by atoms with Crippen LogP contribution < -0.4 is 5.73 Å². The second kappa shape index (κ2) is 8.70. The average Bonchev–Trinajstić information content (AvgIpc) is 2.28. The lowest BCUT2D eigenvalue weighted by Gasteiger charge is -2.21. The van der Waals surface area contributed by atoms with E-state index < -0.39 is 0 Å². The highest BCUT2D eigenvalue weighted by molar-refractivity contribution is 5.76. The van der Waals surface area contributed by atoms with E-state index in [1.165, 1.54) is 0 Å². The van der Waals surface area contributed by atoms with Gasteiger partial charge in [-0.15, -0.1) is 0 Å². The van der Waals surface area contributed by atoms with Crippen molar-refractivity contribution in [2.75, 3.05) is 19.6 Å². The van der Waals surface area contributed by atoms with Crippen LogP contribution >= 0.6 is 0 Å². The van der Waals surface area contributed by atoms with Crippen LogP contribution in [0.5, 0.6) is 0 Å². The van der Waals surface area contributed by atoms with Gasteiger partial charge in [0.15, 0.2) is 0 Å². The number of carbonyl (C=O) groups excluding carboxylic acids is 1. The minimum atomic E-state index is -0.0246. The second-order valence-electron chi connectivity index (χ2n) is 3.74. The zero-order valence-corrected chi connectivity index (χ0v) is 9.65. The highest BCUT2D eigenvalue weighted by atomic mass is 16.2. The first kappa shape index (κ1) is 14.4. The number of nitriles is 2. The monoisotopic (exact) mass is 222 g/mol. The minimum Gasteiger partial charge on any atom is -0.341 e. The van der Waals surface area contributed by atoms with Gasteiger partial charge in [0.25, 0.3) is 0 Å². The van der Waals surface area contributed by atoms with E-state index in [-0.39, 0.29) is 11.8 Å². The summed E-state index contributed by atoms with van der Waals surface area (Å²) in [7, 11) is 0. The molecule has 0 radical (unpaired) electrons. The van der Waals surface area contributed by atoms with Gasteiger partial charge in [-0.3, -0.25) is 4.79 Å². The van der Waals surface area contributed by atoms with Gasteiger partial charge in [0.2, 0.25) is 5.91 Å². The van der Waals surface area contributed by atoms with Gasteiger partial charge in [-0.2, -0.15) is 10.5 Å². The lowest BCUT2D eigenvalue weighted by atomic mass is 10.1. The van der Waals surface area contributed by atoms with Crippen molar-refractivity contribution in [1.82, 2.24) is 4.90 Å². The molecule has 1 atom stereocenters. The third kappa shape index (κ3) is 6.00. The maximum Gasteiger partial charge on any atom is 0.222 e. The van der Waals surface area contributed by atoms with E-state index in [9.17, 15) is 4.79 Å². The third-order valence-electron chi connectivity index (χ3n) is 2.27. The molecule has 0 aliphatic heterocycles. The van der Waals surface area contributed by atoms with Crippen molar-refractivity contribution in [3.05, 3.63) is 0 Å². The van der Waals surface area contributed by atoms with Crippen molar-refractivity contribution in [2.45, 2.75) is 26.2 Å². The van der Waals surface area contributed by atoms with E-state index >= 15 is 0 Å². The summed E-state index contributed by atoms with van der Waals surface area (Å²) in [4.78, 5) is 13.3. The Bertz CT molecular complexity index is 271. The molecular weight excluding hydrogens is 204 g/mol. The van der Waals surface area contributed by atoms with Crippen LogP contribution in [0.2, 0.25) is 0 Å². The molecule has 0 spiro atoms. The molecule has 0 aliphatic carbocycles. The zero-order chi connectivity index (χ0) is 12.4. The summed E-state index contributed by atoms with van der Waals surface area (Å²) in [5, 5.41) is 17.0. The Kier molecular flexibility index (Phi) is 7.83. The fourth-order valence-electron chi connectivity index (χ4n) is 1.24. The Morgan fingerprint density at radius 3 is 2.19 bits per heavy atom. The van der Waals surface area contributed by atoms with Crippen LogP contribution in [0.3, 0.4) is 0 Å². The van der Waals surface area contributed by atoms with Crippen LogP contribution in [0.25, 0.3) is 0 Å². The molecule has 0 aliphatic rings. The van der Waals surface area contributed by atoms with Gasteiger partial charge in [-0.25, -0.2) is 0 Å². The maximum atomic E-state index is 11.8. The maximum absolute atomic E-state index is 11.8. The summed E-state index contributed by atoms with van der Waals surface area (Å²) in [6, 6.07) is 3.99. The summed E-state index contributed by atoms with van der Waals surface area (Å²) in [6.45, 7) is 3.17. The number of amides is 1. The topological polar surface area (TPSA) is 93.9 Å². The summed E-state index contributed by atoms with van der Waals surface area (Å²) in [5.74, 6) is 0.114. The third-order valence-corrected chi connectivity index (χ3v) is 2.27. The molecule has 5 nitrogen and oxygen atoms in total. The molecule has 0 bridgehead atoms. The van der Waals surface area contributed by atoms with Crippen molar-refractivity contribution in [3.8, 4) is 12.1 Å². The van der Waals surface area contributed by atoms with Crippen LogP contribution in [-0.2, 0) is 4.79 Å². The Balaban J connectivity index is 4.21. The van der Waals surface area contributed by atoms with Gasteiger partial charge in [0.05, 0.1) is 25.0 Å². The molecule has 0 saturated carbocycles. The number of rotatable bonds is 7. The first-order valence-corrected chi connectivity index (χ1v) is 5.37. The standard InChI is InChI=1S/C11H18N4O/c1-10(9-14)8-11(16)15(6-2-4-12)7-3-5-13/h10H,2-3,6-9,14H2,1H3. The Morgan fingerprint density at radius 2 is 1.81 bits per heavy atom. The molecule has 0 heterocycles. The molecule has 0 aromatic rings. The Hall–Kier alpha value is -1.59. The van der Waals surface area contributed by atoms with Gasteiger partial charge >= 0.3 is 0 Å². The molecule has 2 N–H and O–H groups in total. The van der Waals surface area contributed by atoms with Gasteiger partial charge in [-0.05, 0) is 12.5 Å². The number of hydrogen-bond donors (Lipinski definition) is 1. The summed E-state index contributed by atoms with van der Waals surface area (Å²) in [5.41, 5.74) is 5.45. The van der Waals surface area contributed by atoms with Gasteiger partial charge in [0, 0.05) is 19.5 Å². The van der Waals surface area contributed by atoms with Gasteiger partial charge in [-0.1, -0.05) is 6.92 Å². The molecule has 1 unspecified atom stereocenters. The van der Waals surface area contributed by atoms with Crippen LogP contribution in [0.15, 0.2) is 0 Å². The van der Waals surface area contributed by atoms with Gasteiger partial charge < -0.3 is 10.6 Å².